The molecular weight excluding hydrogens is 358 g/mol. The lowest BCUT2D eigenvalue weighted by atomic mass is 10.2. The van der Waals surface area contributed by atoms with Crippen molar-refractivity contribution in [2.24, 2.45) is 0 Å². The second-order valence-electron chi connectivity index (χ2n) is 6.41. The fourth-order valence-corrected chi connectivity index (χ4v) is 6.03. The second-order valence-corrected chi connectivity index (χ2v) is 9.74. The van der Waals surface area contributed by atoms with E-state index in [0.29, 0.717) is 17.3 Å². The molecule has 2 aromatic heterocycles. The number of hydrogen-bond donors (Lipinski definition) is 0. The molecule has 2 aromatic rings. The Kier molecular flexibility index (Phi) is 5.62. The summed E-state index contributed by atoms with van der Waals surface area (Å²) in [5.74, 6) is 0.844. The monoisotopic (exact) mass is 383 g/mol. The Labute approximate surface area is 153 Å². The van der Waals surface area contributed by atoms with E-state index >= 15 is 0 Å². The number of rotatable bonds is 5. The molecule has 0 saturated carbocycles. The largest absolute Gasteiger partial charge is 0.361 e. The van der Waals surface area contributed by atoms with Gasteiger partial charge in [0.2, 0.25) is 0 Å². The molecule has 0 N–H and O–H groups in total. The minimum absolute atomic E-state index is 0.462. The molecule has 0 aromatic carbocycles. The van der Waals surface area contributed by atoms with E-state index in [-0.39, 0.29) is 0 Å². The highest BCUT2D eigenvalue weighted by Crippen LogP contribution is 2.26. The predicted octanol–water partition coefficient (Wildman–Crippen LogP) is 2.81. The van der Waals surface area contributed by atoms with E-state index in [1.54, 1.807) is 10.4 Å². The Bertz CT molecular complexity index is 807. The first kappa shape index (κ1) is 18.6. The van der Waals surface area contributed by atoms with Crippen LogP contribution in [0, 0.1) is 13.8 Å². The molecule has 0 radical (unpaired) electrons. The first-order chi connectivity index (χ1) is 11.9. The van der Waals surface area contributed by atoms with E-state index in [0.717, 1.165) is 54.4 Å². The minimum Gasteiger partial charge on any atom is -0.361 e. The van der Waals surface area contributed by atoms with Crippen LogP contribution in [0.1, 0.15) is 35.2 Å². The molecule has 138 valence electrons. The summed E-state index contributed by atoms with van der Waals surface area (Å²) in [6.07, 6.45) is 1.69. The van der Waals surface area contributed by atoms with Crippen LogP contribution in [0.4, 0.5) is 0 Å². The molecule has 6 nitrogen and oxygen atoms in total. The molecule has 0 amide bonds. The zero-order valence-electron chi connectivity index (χ0n) is 15.0. The molecule has 1 fully saturated rings. The molecule has 3 rings (SSSR count). The van der Waals surface area contributed by atoms with Gasteiger partial charge in [-0.3, -0.25) is 4.90 Å². The van der Waals surface area contributed by atoms with Crippen LogP contribution < -0.4 is 0 Å². The summed E-state index contributed by atoms with van der Waals surface area (Å²) >= 11 is 1.38. The average Bonchev–Trinajstić information content (AvgIpc) is 3.10. The summed E-state index contributed by atoms with van der Waals surface area (Å²) in [7, 11) is -3.38. The lowest BCUT2D eigenvalue weighted by Gasteiger charge is -2.21. The quantitative estimate of drug-likeness (QED) is 0.794. The van der Waals surface area contributed by atoms with E-state index in [4.69, 9.17) is 4.52 Å². The van der Waals surface area contributed by atoms with Gasteiger partial charge in [-0.15, -0.1) is 11.3 Å². The zero-order chi connectivity index (χ0) is 18.0. The highest BCUT2D eigenvalue weighted by molar-refractivity contribution is 7.91. The Morgan fingerprint density at radius 1 is 1.20 bits per heavy atom. The Morgan fingerprint density at radius 2 is 2.00 bits per heavy atom. The molecule has 0 unspecified atom stereocenters. The summed E-state index contributed by atoms with van der Waals surface area (Å²) < 4.78 is 33.1. The van der Waals surface area contributed by atoms with Crippen LogP contribution in [0.3, 0.4) is 0 Å². The molecule has 3 heterocycles. The van der Waals surface area contributed by atoms with Gasteiger partial charge in [-0.2, -0.15) is 4.31 Å². The highest BCUT2D eigenvalue weighted by Gasteiger charge is 2.28. The van der Waals surface area contributed by atoms with Gasteiger partial charge in [0, 0.05) is 36.6 Å². The molecule has 25 heavy (non-hydrogen) atoms. The van der Waals surface area contributed by atoms with E-state index < -0.39 is 10.0 Å². The van der Waals surface area contributed by atoms with Crippen LogP contribution in [-0.2, 0) is 23.0 Å². The maximum Gasteiger partial charge on any atom is 0.252 e. The molecule has 1 aliphatic rings. The van der Waals surface area contributed by atoms with Gasteiger partial charge in [-0.25, -0.2) is 8.42 Å². The first-order valence-electron chi connectivity index (χ1n) is 8.64. The van der Waals surface area contributed by atoms with Crippen molar-refractivity contribution in [2.75, 3.05) is 26.2 Å². The minimum atomic E-state index is -3.38. The number of hydrogen-bond acceptors (Lipinski definition) is 6. The van der Waals surface area contributed by atoms with Crippen molar-refractivity contribution < 1.29 is 12.9 Å². The first-order valence-corrected chi connectivity index (χ1v) is 10.9. The van der Waals surface area contributed by atoms with Crippen LogP contribution in [0.25, 0.3) is 0 Å². The van der Waals surface area contributed by atoms with Gasteiger partial charge in [-0.05, 0) is 45.4 Å². The van der Waals surface area contributed by atoms with E-state index in [1.807, 2.05) is 26.8 Å². The normalized spacial score (nSPS) is 17.7. The van der Waals surface area contributed by atoms with Gasteiger partial charge in [0.1, 0.15) is 9.97 Å². The Morgan fingerprint density at radius 3 is 2.64 bits per heavy atom. The SMILES string of the molecule is CCc1ccc(S(=O)(=O)N2CCCN(Cc3c(C)noc3C)CC2)s1. The Balaban J connectivity index is 1.69. The third-order valence-electron chi connectivity index (χ3n) is 4.69. The molecule has 0 aliphatic carbocycles. The number of aryl methyl sites for hydroxylation is 3. The van der Waals surface area contributed by atoms with Crippen molar-refractivity contribution in [1.82, 2.24) is 14.4 Å². The maximum absolute atomic E-state index is 12.9. The number of sulfonamides is 1. The lowest BCUT2D eigenvalue weighted by molar-refractivity contribution is 0.276. The summed E-state index contributed by atoms with van der Waals surface area (Å²) in [6, 6.07) is 3.66. The molecule has 1 aliphatic heterocycles. The van der Waals surface area contributed by atoms with Crippen LogP contribution in [0.15, 0.2) is 20.9 Å². The summed E-state index contributed by atoms with van der Waals surface area (Å²) in [6.45, 7) is 9.35. The highest BCUT2D eigenvalue weighted by atomic mass is 32.2. The second kappa shape index (κ2) is 7.57. The van der Waals surface area contributed by atoms with Crippen LogP contribution in [-0.4, -0.2) is 49.0 Å². The van der Waals surface area contributed by atoms with E-state index in [9.17, 15) is 8.42 Å². The van der Waals surface area contributed by atoms with Crippen molar-refractivity contribution in [1.29, 1.82) is 0 Å². The molecule has 1 saturated heterocycles. The summed E-state index contributed by atoms with van der Waals surface area (Å²) in [4.78, 5) is 3.39. The summed E-state index contributed by atoms with van der Waals surface area (Å²) in [5.41, 5.74) is 2.03. The van der Waals surface area contributed by atoms with Crippen molar-refractivity contribution in [2.45, 2.75) is 44.4 Å². The van der Waals surface area contributed by atoms with Crippen molar-refractivity contribution in [3.8, 4) is 0 Å². The van der Waals surface area contributed by atoms with Gasteiger partial charge in [0.25, 0.3) is 10.0 Å². The van der Waals surface area contributed by atoms with Gasteiger partial charge in [0.05, 0.1) is 5.69 Å². The number of thiophene rings is 1. The van der Waals surface area contributed by atoms with E-state index in [1.165, 1.54) is 11.3 Å². The van der Waals surface area contributed by atoms with Gasteiger partial charge in [-0.1, -0.05) is 12.1 Å². The standard InChI is InChI=1S/C17H25N3O3S2/c1-4-15-6-7-17(24-15)25(21,22)20-9-5-8-19(10-11-20)12-16-13(2)18-23-14(16)3/h6-7H,4-5,8-12H2,1-3H3. The fraction of sp³-hybridized carbons (Fsp3) is 0.588. The van der Waals surface area contributed by atoms with Crippen molar-refractivity contribution in [3.05, 3.63) is 34.0 Å². The predicted molar refractivity (Wildman–Crippen MR) is 98.3 cm³/mol. The van der Waals surface area contributed by atoms with Crippen molar-refractivity contribution in [3.63, 3.8) is 0 Å². The lowest BCUT2D eigenvalue weighted by Crippen LogP contribution is -2.34. The average molecular weight is 384 g/mol. The zero-order valence-corrected chi connectivity index (χ0v) is 16.6. The van der Waals surface area contributed by atoms with E-state index in [2.05, 4.69) is 10.1 Å². The topological polar surface area (TPSA) is 66.7 Å². The van der Waals surface area contributed by atoms with Crippen molar-refractivity contribution >= 4 is 21.4 Å². The molecule has 0 atom stereocenters. The smallest absolute Gasteiger partial charge is 0.252 e. The van der Waals surface area contributed by atoms with Crippen LogP contribution >= 0.6 is 11.3 Å². The van der Waals surface area contributed by atoms with Gasteiger partial charge in [0.15, 0.2) is 0 Å². The third-order valence-corrected chi connectivity index (χ3v) is 8.29. The number of aromatic nitrogens is 1. The van der Waals surface area contributed by atoms with Gasteiger partial charge < -0.3 is 4.52 Å². The third kappa shape index (κ3) is 3.97. The number of nitrogens with zero attached hydrogens (tertiary/aromatic N) is 3. The molecule has 0 spiro atoms. The van der Waals surface area contributed by atoms with Crippen LogP contribution in [0.5, 0.6) is 0 Å². The fourth-order valence-electron chi connectivity index (χ4n) is 3.11. The maximum atomic E-state index is 12.9. The van der Waals surface area contributed by atoms with Crippen LogP contribution in [0.2, 0.25) is 0 Å². The molecular formula is C17H25N3O3S2. The summed E-state index contributed by atoms with van der Waals surface area (Å²) in [5, 5.41) is 4.00. The Hall–Kier alpha value is -1.22. The molecule has 0 bridgehead atoms. The molecule has 8 heteroatoms. The van der Waals surface area contributed by atoms with Gasteiger partial charge >= 0.3 is 0 Å².